The first-order chi connectivity index (χ1) is 4.88. The molecule has 0 amide bonds. The molecule has 0 aliphatic heterocycles. The van der Waals surface area contributed by atoms with E-state index in [0.717, 1.165) is 6.07 Å². The summed E-state index contributed by atoms with van der Waals surface area (Å²) in [5.74, 6) is -4.03. The van der Waals surface area contributed by atoms with Gasteiger partial charge in [-0.05, 0) is 0 Å². The molecule has 0 aromatic rings. The molecule has 0 bridgehead atoms. The Morgan fingerprint density at radius 3 is 2.18 bits per heavy atom. The number of halogens is 3. The number of carbonyl (C=O) groups is 1. The second-order valence-corrected chi connectivity index (χ2v) is 1.82. The van der Waals surface area contributed by atoms with Gasteiger partial charge >= 0.3 is 12.1 Å². The molecule has 62 valence electrons. The maximum absolute atomic E-state index is 11.6. The molecule has 1 unspecified atom stereocenters. The SMILES string of the molecule is N#CC(CC(=O)O)C(F)(F)F. The number of hydrogen-bond acceptors (Lipinski definition) is 2. The van der Waals surface area contributed by atoms with Gasteiger partial charge in [-0.25, -0.2) is 0 Å². The maximum atomic E-state index is 11.6. The van der Waals surface area contributed by atoms with E-state index in [1.54, 1.807) is 0 Å². The molecule has 0 saturated carbocycles. The number of alkyl halides is 3. The highest BCUT2D eigenvalue weighted by Gasteiger charge is 2.41. The second kappa shape index (κ2) is 3.23. The minimum absolute atomic E-state index is 0.868. The number of carboxylic acids is 1. The van der Waals surface area contributed by atoms with Crippen molar-refractivity contribution in [1.82, 2.24) is 0 Å². The van der Waals surface area contributed by atoms with Crippen molar-refractivity contribution in [1.29, 1.82) is 5.26 Å². The van der Waals surface area contributed by atoms with Gasteiger partial charge in [-0.15, -0.1) is 0 Å². The van der Waals surface area contributed by atoms with E-state index >= 15 is 0 Å². The third-order valence-electron chi connectivity index (χ3n) is 0.930. The molecule has 0 aliphatic carbocycles. The standard InChI is InChI=1S/C5H4F3NO2/c6-5(7,8)3(2-9)1-4(10)11/h3H,1H2,(H,10,11). The van der Waals surface area contributed by atoms with Crippen LogP contribution in [0.15, 0.2) is 0 Å². The molecule has 0 spiro atoms. The van der Waals surface area contributed by atoms with E-state index in [1.165, 1.54) is 0 Å². The quantitative estimate of drug-likeness (QED) is 0.671. The van der Waals surface area contributed by atoms with Crippen LogP contribution in [0.2, 0.25) is 0 Å². The monoisotopic (exact) mass is 167 g/mol. The van der Waals surface area contributed by atoms with Crippen molar-refractivity contribution in [2.24, 2.45) is 5.92 Å². The van der Waals surface area contributed by atoms with E-state index in [0.29, 0.717) is 0 Å². The number of carboxylic acid groups (broad SMARTS) is 1. The zero-order valence-corrected chi connectivity index (χ0v) is 5.22. The summed E-state index contributed by atoms with van der Waals surface area (Å²) in [6.07, 6.45) is -5.94. The van der Waals surface area contributed by atoms with Crippen LogP contribution < -0.4 is 0 Å². The lowest BCUT2D eigenvalue weighted by molar-refractivity contribution is -0.169. The van der Waals surface area contributed by atoms with Gasteiger partial charge in [0, 0.05) is 0 Å². The molecular formula is C5H4F3NO2. The average molecular weight is 167 g/mol. The van der Waals surface area contributed by atoms with Crippen LogP contribution in [-0.4, -0.2) is 17.3 Å². The van der Waals surface area contributed by atoms with Crippen molar-refractivity contribution >= 4 is 5.97 Å². The van der Waals surface area contributed by atoms with Crippen LogP contribution >= 0.6 is 0 Å². The van der Waals surface area contributed by atoms with Crippen LogP contribution in [0.3, 0.4) is 0 Å². The molecular weight excluding hydrogens is 163 g/mol. The predicted molar refractivity (Wildman–Crippen MR) is 27.4 cm³/mol. The van der Waals surface area contributed by atoms with Crippen molar-refractivity contribution in [2.75, 3.05) is 0 Å². The smallest absolute Gasteiger partial charge is 0.405 e. The van der Waals surface area contributed by atoms with E-state index in [2.05, 4.69) is 0 Å². The predicted octanol–water partition coefficient (Wildman–Crippen LogP) is 1.16. The van der Waals surface area contributed by atoms with E-state index < -0.39 is 24.5 Å². The lowest BCUT2D eigenvalue weighted by atomic mass is 10.1. The first-order valence-electron chi connectivity index (χ1n) is 2.56. The molecule has 1 atom stereocenters. The van der Waals surface area contributed by atoms with Gasteiger partial charge < -0.3 is 5.11 Å². The Hall–Kier alpha value is -1.25. The van der Waals surface area contributed by atoms with Crippen LogP contribution in [0.25, 0.3) is 0 Å². The molecule has 0 aromatic heterocycles. The van der Waals surface area contributed by atoms with Gasteiger partial charge in [-0.1, -0.05) is 0 Å². The fourth-order valence-electron chi connectivity index (χ4n) is 0.409. The fourth-order valence-corrected chi connectivity index (χ4v) is 0.409. The summed E-state index contributed by atoms with van der Waals surface area (Å²) in [7, 11) is 0. The zero-order valence-electron chi connectivity index (χ0n) is 5.22. The van der Waals surface area contributed by atoms with E-state index in [1.807, 2.05) is 0 Å². The third-order valence-corrected chi connectivity index (χ3v) is 0.930. The number of nitrogens with zero attached hydrogens (tertiary/aromatic N) is 1. The van der Waals surface area contributed by atoms with Gasteiger partial charge in [0.15, 0.2) is 5.92 Å². The molecule has 0 rings (SSSR count). The Bertz CT molecular complexity index is 193. The molecule has 11 heavy (non-hydrogen) atoms. The van der Waals surface area contributed by atoms with Crippen molar-refractivity contribution in [3.63, 3.8) is 0 Å². The summed E-state index contributed by atoms with van der Waals surface area (Å²) in [6.45, 7) is 0. The Labute approximate surface area is 60.0 Å². The molecule has 0 aliphatic rings. The first-order valence-corrected chi connectivity index (χ1v) is 2.56. The largest absolute Gasteiger partial charge is 0.481 e. The van der Waals surface area contributed by atoms with Crippen molar-refractivity contribution < 1.29 is 23.1 Å². The van der Waals surface area contributed by atoms with Crippen LogP contribution in [0.4, 0.5) is 13.2 Å². The lowest BCUT2D eigenvalue weighted by Gasteiger charge is -2.09. The van der Waals surface area contributed by atoms with E-state index in [4.69, 9.17) is 10.4 Å². The first kappa shape index (κ1) is 9.75. The molecule has 0 aromatic carbocycles. The number of rotatable bonds is 2. The highest BCUT2D eigenvalue weighted by atomic mass is 19.4. The topological polar surface area (TPSA) is 61.1 Å². The number of nitriles is 1. The third kappa shape index (κ3) is 3.45. The van der Waals surface area contributed by atoms with Gasteiger partial charge in [-0.3, -0.25) is 4.79 Å². The Morgan fingerprint density at radius 1 is 1.64 bits per heavy atom. The summed E-state index contributed by atoms with van der Waals surface area (Å²) in [5, 5.41) is 15.8. The zero-order chi connectivity index (χ0) is 9.07. The molecule has 0 saturated heterocycles. The average Bonchev–Trinajstić information content (AvgIpc) is 1.79. The summed E-state index contributed by atoms with van der Waals surface area (Å²) < 4.78 is 34.8. The van der Waals surface area contributed by atoms with Gasteiger partial charge in [-0.2, -0.15) is 18.4 Å². The normalized spacial score (nSPS) is 13.6. The van der Waals surface area contributed by atoms with Crippen molar-refractivity contribution in [3.8, 4) is 6.07 Å². The fraction of sp³-hybridized carbons (Fsp3) is 0.600. The Kier molecular flexibility index (Phi) is 2.87. The summed E-state index contributed by atoms with van der Waals surface area (Å²) in [5.41, 5.74) is 0. The summed E-state index contributed by atoms with van der Waals surface area (Å²) >= 11 is 0. The lowest BCUT2D eigenvalue weighted by Crippen LogP contribution is -2.23. The maximum Gasteiger partial charge on any atom is 0.405 e. The molecule has 3 nitrogen and oxygen atoms in total. The van der Waals surface area contributed by atoms with Crippen LogP contribution in [0, 0.1) is 17.2 Å². The Balaban J connectivity index is 4.22. The minimum Gasteiger partial charge on any atom is -0.481 e. The van der Waals surface area contributed by atoms with Gasteiger partial charge in [0.25, 0.3) is 0 Å². The molecule has 0 radical (unpaired) electrons. The van der Waals surface area contributed by atoms with Crippen LogP contribution in [0.1, 0.15) is 6.42 Å². The molecule has 0 heterocycles. The van der Waals surface area contributed by atoms with Crippen molar-refractivity contribution in [2.45, 2.75) is 12.6 Å². The van der Waals surface area contributed by atoms with Crippen molar-refractivity contribution in [3.05, 3.63) is 0 Å². The molecule has 6 heteroatoms. The van der Waals surface area contributed by atoms with Gasteiger partial charge in [0.2, 0.25) is 0 Å². The summed E-state index contributed by atoms with van der Waals surface area (Å²) in [6, 6.07) is 0.868. The second-order valence-electron chi connectivity index (χ2n) is 1.82. The Morgan fingerprint density at radius 2 is 2.09 bits per heavy atom. The van der Waals surface area contributed by atoms with E-state index in [9.17, 15) is 18.0 Å². The van der Waals surface area contributed by atoms with E-state index in [-0.39, 0.29) is 0 Å². The van der Waals surface area contributed by atoms with Gasteiger partial charge in [0.05, 0.1) is 12.5 Å². The molecule has 0 fully saturated rings. The molecule has 1 N–H and O–H groups in total. The highest BCUT2D eigenvalue weighted by Crippen LogP contribution is 2.27. The number of hydrogen-bond donors (Lipinski definition) is 1. The minimum atomic E-state index is -4.74. The summed E-state index contributed by atoms with van der Waals surface area (Å²) in [4.78, 5) is 9.76. The number of aliphatic carboxylic acids is 1. The highest BCUT2D eigenvalue weighted by molar-refractivity contribution is 5.67. The van der Waals surface area contributed by atoms with Gasteiger partial charge in [0.1, 0.15) is 0 Å². The van der Waals surface area contributed by atoms with Crippen LogP contribution in [0.5, 0.6) is 0 Å². The van der Waals surface area contributed by atoms with Crippen LogP contribution in [-0.2, 0) is 4.79 Å².